The molecule has 0 radical (unpaired) electrons. The maximum Gasteiger partial charge on any atom is 0.328 e. The molecule has 0 aliphatic carbocycles. The summed E-state index contributed by atoms with van der Waals surface area (Å²) in [5, 5.41) is 9.60. The molecule has 1 atom stereocenters. The van der Waals surface area contributed by atoms with Gasteiger partial charge in [-0.05, 0) is 37.8 Å². The van der Waals surface area contributed by atoms with Crippen molar-refractivity contribution in [2.24, 2.45) is 0 Å². The van der Waals surface area contributed by atoms with Gasteiger partial charge in [0.2, 0.25) is 0 Å². The third-order valence-corrected chi connectivity index (χ3v) is 3.28. The molecule has 0 spiro atoms. The summed E-state index contributed by atoms with van der Waals surface area (Å²) in [5.41, 5.74) is -0.811. The quantitative estimate of drug-likeness (QED) is 0.617. The van der Waals surface area contributed by atoms with Gasteiger partial charge in [0.05, 0.1) is 13.3 Å². The first-order chi connectivity index (χ1) is 9.50. The van der Waals surface area contributed by atoms with Crippen molar-refractivity contribution in [3.63, 3.8) is 0 Å². The van der Waals surface area contributed by atoms with E-state index in [9.17, 15) is 19.1 Å². The number of aliphatic carboxylic acids is 1. The topological polar surface area (TPSA) is 63.6 Å². The van der Waals surface area contributed by atoms with E-state index in [4.69, 9.17) is 4.74 Å². The monoisotopic (exact) mass is 282 g/mol. The zero-order valence-corrected chi connectivity index (χ0v) is 11.7. The zero-order chi connectivity index (χ0) is 15.2. The Bertz CT molecular complexity index is 487. The number of hydrogen-bond acceptors (Lipinski definition) is 3. The SMILES string of the molecule is CCOC(=O)C(CCCF)(C(=O)O)c1ccccc1C. The molecule has 0 aliphatic rings. The Kier molecular flexibility index (Phi) is 5.67. The van der Waals surface area contributed by atoms with Gasteiger partial charge in [-0.25, -0.2) is 0 Å². The number of aryl methyl sites for hydroxylation is 1. The first-order valence-electron chi connectivity index (χ1n) is 6.53. The van der Waals surface area contributed by atoms with E-state index in [0.717, 1.165) is 0 Å². The summed E-state index contributed by atoms with van der Waals surface area (Å²) >= 11 is 0. The number of carbonyl (C=O) groups excluding carboxylic acids is 1. The zero-order valence-electron chi connectivity index (χ0n) is 11.7. The van der Waals surface area contributed by atoms with Crippen LogP contribution in [0.1, 0.15) is 30.9 Å². The number of rotatable bonds is 7. The van der Waals surface area contributed by atoms with E-state index in [1.807, 2.05) is 0 Å². The van der Waals surface area contributed by atoms with Crippen molar-refractivity contribution in [2.75, 3.05) is 13.3 Å². The molecular weight excluding hydrogens is 263 g/mol. The molecule has 0 aromatic heterocycles. The average Bonchev–Trinajstić information content (AvgIpc) is 2.41. The minimum atomic E-state index is -1.84. The highest BCUT2D eigenvalue weighted by atomic mass is 19.1. The number of esters is 1. The molecule has 0 amide bonds. The van der Waals surface area contributed by atoms with Crippen LogP contribution in [-0.2, 0) is 19.7 Å². The predicted molar refractivity (Wildman–Crippen MR) is 72.3 cm³/mol. The Morgan fingerprint density at radius 1 is 1.35 bits per heavy atom. The Balaban J connectivity index is 3.40. The van der Waals surface area contributed by atoms with Gasteiger partial charge in [-0.2, -0.15) is 0 Å². The maximum absolute atomic E-state index is 12.5. The average molecular weight is 282 g/mol. The number of carbonyl (C=O) groups is 2. The van der Waals surface area contributed by atoms with E-state index in [0.29, 0.717) is 11.1 Å². The summed E-state index contributed by atoms with van der Waals surface area (Å²) in [7, 11) is 0. The Morgan fingerprint density at radius 3 is 2.50 bits per heavy atom. The van der Waals surface area contributed by atoms with Gasteiger partial charge in [-0.3, -0.25) is 14.0 Å². The van der Waals surface area contributed by atoms with Gasteiger partial charge >= 0.3 is 11.9 Å². The fourth-order valence-electron chi connectivity index (χ4n) is 2.29. The van der Waals surface area contributed by atoms with Crippen LogP contribution in [0.4, 0.5) is 4.39 Å². The molecule has 4 nitrogen and oxygen atoms in total. The van der Waals surface area contributed by atoms with Crippen LogP contribution in [0, 0.1) is 6.92 Å². The lowest BCUT2D eigenvalue weighted by Crippen LogP contribution is -2.45. The first-order valence-corrected chi connectivity index (χ1v) is 6.53. The van der Waals surface area contributed by atoms with Crippen molar-refractivity contribution in [2.45, 2.75) is 32.1 Å². The molecule has 0 saturated carbocycles. The number of carboxylic acid groups (broad SMARTS) is 1. The molecular formula is C15H19FO4. The molecule has 1 N–H and O–H groups in total. The minimum absolute atomic E-state index is 0.0144. The van der Waals surface area contributed by atoms with Gasteiger partial charge in [0, 0.05) is 0 Å². The largest absolute Gasteiger partial charge is 0.480 e. The maximum atomic E-state index is 12.5. The van der Waals surface area contributed by atoms with Crippen molar-refractivity contribution in [1.82, 2.24) is 0 Å². The molecule has 1 rings (SSSR count). The van der Waals surface area contributed by atoms with Crippen LogP contribution >= 0.6 is 0 Å². The second-order valence-corrected chi connectivity index (χ2v) is 4.54. The number of benzene rings is 1. The summed E-state index contributed by atoms with van der Waals surface area (Å²) in [5.74, 6) is -2.14. The van der Waals surface area contributed by atoms with Crippen molar-refractivity contribution in [1.29, 1.82) is 0 Å². The van der Waals surface area contributed by atoms with Crippen molar-refractivity contribution < 1.29 is 23.8 Å². The summed E-state index contributed by atoms with van der Waals surface area (Å²) in [6.45, 7) is 2.73. The highest BCUT2D eigenvalue weighted by Crippen LogP contribution is 2.34. The summed E-state index contributed by atoms with van der Waals surface area (Å²) in [6.07, 6.45) is -0.137. The smallest absolute Gasteiger partial charge is 0.328 e. The molecule has 1 unspecified atom stereocenters. The fourth-order valence-corrected chi connectivity index (χ4v) is 2.29. The fraction of sp³-hybridized carbons (Fsp3) is 0.467. The number of ether oxygens (including phenoxy) is 1. The van der Waals surface area contributed by atoms with Crippen LogP contribution in [-0.4, -0.2) is 30.3 Å². The van der Waals surface area contributed by atoms with Crippen LogP contribution in [0.25, 0.3) is 0 Å². The highest BCUT2D eigenvalue weighted by Gasteiger charge is 2.49. The summed E-state index contributed by atoms with van der Waals surface area (Å²) < 4.78 is 17.4. The lowest BCUT2D eigenvalue weighted by atomic mass is 9.75. The normalized spacial score (nSPS) is 13.6. The van der Waals surface area contributed by atoms with Crippen molar-refractivity contribution in [3.8, 4) is 0 Å². The van der Waals surface area contributed by atoms with Gasteiger partial charge in [0.25, 0.3) is 0 Å². The number of halogens is 1. The number of alkyl halides is 1. The lowest BCUT2D eigenvalue weighted by Gasteiger charge is -2.28. The molecule has 20 heavy (non-hydrogen) atoms. The predicted octanol–water partition coefficient (Wildman–Crippen LogP) is 2.63. The molecule has 0 heterocycles. The molecule has 0 fully saturated rings. The van der Waals surface area contributed by atoms with E-state index >= 15 is 0 Å². The molecule has 5 heteroatoms. The van der Waals surface area contributed by atoms with Gasteiger partial charge in [0.1, 0.15) is 0 Å². The minimum Gasteiger partial charge on any atom is -0.480 e. The van der Waals surface area contributed by atoms with Gasteiger partial charge in [-0.1, -0.05) is 24.3 Å². The molecule has 0 aliphatic heterocycles. The van der Waals surface area contributed by atoms with E-state index in [2.05, 4.69) is 0 Å². The Labute approximate surface area is 117 Å². The van der Waals surface area contributed by atoms with Crippen molar-refractivity contribution in [3.05, 3.63) is 35.4 Å². The van der Waals surface area contributed by atoms with Gasteiger partial charge in [0.15, 0.2) is 5.41 Å². The van der Waals surface area contributed by atoms with E-state index in [-0.39, 0.29) is 19.4 Å². The van der Waals surface area contributed by atoms with Crippen LogP contribution in [0.3, 0.4) is 0 Å². The number of hydrogen-bond donors (Lipinski definition) is 1. The van der Waals surface area contributed by atoms with Crippen LogP contribution in [0.15, 0.2) is 24.3 Å². The Morgan fingerprint density at radius 2 is 2.00 bits per heavy atom. The van der Waals surface area contributed by atoms with Gasteiger partial charge < -0.3 is 9.84 Å². The number of carboxylic acids is 1. The highest BCUT2D eigenvalue weighted by molar-refractivity contribution is 6.05. The third-order valence-electron chi connectivity index (χ3n) is 3.28. The summed E-state index contributed by atoms with van der Waals surface area (Å²) in [6, 6.07) is 6.72. The third kappa shape index (κ3) is 2.98. The molecule has 1 aromatic rings. The molecule has 1 aromatic carbocycles. The van der Waals surface area contributed by atoms with E-state index in [1.54, 1.807) is 38.1 Å². The van der Waals surface area contributed by atoms with Crippen molar-refractivity contribution >= 4 is 11.9 Å². The Hall–Kier alpha value is -1.91. The second kappa shape index (κ2) is 7.03. The summed E-state index contributed by atoms with van der Waals surface area (Å²) in [4.78, 5) is 24.0. The first kappa shape index (κ1) is 16.1. The second-order valence-electron chi connectivity index (χ2n) is 4.54. The lowest BCUT2D eigenvalue weighted by molar-refractivity contribution is -0.162. The van der Waals surface area contributed by atoms with Crippen LogP contribution in [0.2, 0.25) is 0 Å². The molecule has 110 valence electrons. The van der Waals surface area contributed by atoms with Gasteiger partial charge in [-0.15, -0.1) is 0 Å². The van der Waals surface area contributed by atoms with E-state index in [1.165, 1.54) is 0 Å². The van der Waals surface area contributed by atoms with Crippen LogP contribution in [0.5, 0.6) is 0 Å². The van der Waals surface area contributed by atoms with E-state index < -0.39 is 24.0 Å². The van der Waals surface area contributed by atoms with Crippen LogP contribution < -0.4 is 0 Å². The standard InChI is InChI=1S/C15H19FO4/c1-3-20-14(19)15(13(17)18,9-6-10-16)12-8-5-4-7-11(12)2/h4-5,7-8H,3,6,9-10H2,1-2H3,(H,17,18). The molecule has 0 bridgehead atoms. The molecule has 0 saturated heterocycles.